The predicted octanol–water partition coefficient (Wildman–Crippen LogP) is 1.57. The summed E-state index contributed by atoms with van der Waals surface area (Å²) < 4.78 is 4.62. The zero-order chi connectivity index (χ0) is 10.4. The van der Waals surface area contributed by atoms with Gasteiger partial charge >= 0.3 is 5.97 Å². The molecule has 0 aliphatic rings. The molecule has 0 saturated heterocycles. The predicted molar refractivity (Wildman–Crippen MR) is 53.5 cm³/mol. The summed E-state index contributed by atoms with van der Waals surface area (Å²) in [5.74, 6) is 0.377. The molecular weight excluding hydrogens is 166 g/mol. The van der Waals surface area contributed by atoms with Crippen molar-refractivity contribution in [1.29, 1.82) is 0 Å². The second-order valence-corrected chi connectivity index (χ2v) is 3.59. The number of esters is 1. The quantitative estimate of drug-likeness (QED) is 0.664. The molecule has 3 unspecified atom stereocenters. The van der Waals surface area contributed by atoms with Crippen LogP contribution in [0.2, 0.25) is 0 Å². The molecule has 3 nitrogen and oxygen atoms in total. The van der Waals surface area contributed by atoms with E-state index in [9.17, 15) is 4.79 Å². The molecule has 78 valence electrons. The van der Waals surface area contributed by atoms with Gasteiger partial charge in [0, 0.05) is 6.04 Å². The number of ether oxygens (including phenoxy) is 1. The van der Waals surface area contributed by atoms with E-state index in [1.807, 2.05) is 6.92 Å². The summed E-state index contributed by atoms with van der Waals surface area (Å²) >= 11 is 0. The number of nitrogens with one attached hydrogen (secondary N) is 1. The lowest BCUT2D eigenvalue weighted by molar-refractivity contribution is -0.142. The first-order chi connectivity index (χ1) is 6.02. The number of carbonyl (C=O) groups excluding carboxylic acids is 1. The molecule has 0 aliphatic heterocycles. The third-order valence-corrected chi connectivity index (χ3v) is 2.57. The Morgan fingerprint density at radius 2 is 1.92 bits per heavy atom. The zero-order valence-corrected chi connectivity index (χ0v) is 9.26. The Labute approximate surface area is 80.8 Å². The van der Waals surface area contributed by atoms with Gasteiger partial charge in [-0.15, -0.1) is 0 Å². The molecule has 0 spiro atoms. The van der Waals surface area contributed by atoms with Crippen molar-refractivity contribution in [3.63, 3.8) is 0 Å². The van der Waals surface area contributed by atoms with Gasteiger partial charge in [-0.25, -0.2) is 0 Å². The maximum Gasteiger partial charge on any atom is 0.322 e. The molecule has 0 saturated carbocycles. The van der Waals surface area contributed by atoms with Gasteiger partial charge in [0.05, 0.1) is 7.11 Å². The maximum absolute atomic E-state index is 11.1. The van der Waals surface area contributed by atoms with Crippen LogP contribution in [0.1, 0.15) is 34.1 Å². The van der Waals surface area contributed by atoms with E-state index in [2.05, 4.69) is 30.8 Å². The Morgan fingerprint density at radius 1 is 1.38 bits per heavy atom. The fourth-order valence-electron chi connectivity index (χ4n) is 1.16. The first kappa shape index (κ1) is 12.4. The summed E-state index contributed by atoms with van der Waals surface area (Å²) in [7, 11) is 1.41. The van der Waals surface area contributed by atoms with Crippen LogP contribution in [0, 0.1) is 5.92 Å². The van der Waals surface area contributed by atoms with E-state index in [0.717, 1.165) is 6.42 Å². The molecule has 0 aromatic rings. The van der Waals surface area contributed by atoms with Gasteiger partial charge in [-0.3, -0.25) is 4.79 Å². The molecule has 0 heterocycles. The van der Waals surface area contributed by atoms with E-state index in [1.165, 1.54) is 7.11 Å². The Balaban J connectivity index is 3.90. The molecule has 3 atom stereocenters. The van der Waals surface area contributed by atoms with Crippen LogP contribution in [0.25, 0.3) is 0 Å². The minimum atomic E-state index is -0.214. The molecule has 0 rings (SSSR count). The first-order valence-corrected chi connectivity index (χ1v) is 4.86. The van der Waals surface area contributed by atoms with Crippen molar-refractivity contribution >= 4 is 5.97 Å². The van der Waals surface area contributed by atoms with E-state index in [-0.39, 0.29) is 12.0 Å². The fraction of sp³-hybridized carbons (Fsp3) is 0.900. The third-order valence-electron chi connectivity index (χ3n) is 2.57. The minimum absolute atomic E-state index is 0.199. The molecule has 0 bridgehead atoms. The van der Waals surface area contributed by atoms with Crippen LogP contribution in [0.3, 0.4) is 0 Å². The van der Waals surface area contributed by atoms with Crippen LogP contribution in [0.5, 0.6) is 0 Å². The van der Waals surface area contributed by atoms with E-state index in [1.54, 1.807) is 0 Å². The first-order valence-electron chi connectivity index (χ1n) is 4.86. The summed E-state index contributed by atoms with van der Waals surface area (Å²) in [5, 5.41) is 3.21. The van der Waals surface area contributed by atoms with E-state index < -0.39 is 0 Å². The molecule has 3 heteroatoms. The van der Waals surface area contributed by atoms with Crippen molar-refractivity contribution in [3.05, 3.63) is 0 Å². The number of carbonyl (C=O) groups is 1. The lowest BCUT2D eigenvalue weighted by Crippen LogP contribution is -2.43. The van der Waals surface area contributed by atoms with Crippen LogP contribution < -0.4 is 5.32 Å². The molecule has 0 amide bonds. The zero-order valence-electron chi connectivity index (χ0n) is 9.26. The SMILES string of the molecule is CCC(C)C(C)NC(C)C(=O)OC. The topological polar surface area (TPSA) is 38.3 Å². The van der Waals surface area contributed by atoms with E-state index in [0.29, 0.717) is 12.0 Å². The smallest absolute Gasteiger partial charge is 0.322 e. The normalized spacial score (nSPS) is 17.6. The molecule has 0 aromatic carbocycles. The van der Waals surface area contributed by atoms with Gasteiger partial charge in [-0.2, -0.15) is 0 Å². The Morgan fingerprint density at radius 3 is 2.31 bits per heavy atom. The van der Waals surface area contributed by atoms with Crippen LogP contribution >= 0.6 is 0 Å². The van der Waals surface area contributed by atoms with Crippen LogP contribution in [-0.4, -0.2) is 25.2 Å². The van der Waals surface area contributed by atoms with Crippen LogP contribution in [-0.2, 0) is 9.53 Å². The summed E-state index contributed by atoms with van der Waals surface area (Å²) in [5.41, 5.74) is 0. The average Bonchev–Trinajstić information content (AvgIpc) is 2.14. The minimum Gasteiger partial charge on any atom is -0.468 e. The van der Waals surface area contributed by atoms with Crippen molar-refractivity contribution in [2.24, 2.45) is 5.92 Å². The highest BCUT2D eigenvalue weighted by atomic mass is 16.5. The second kappa shape index (κ2) is 5.97. The number of hydrogen-bond donors (Lipinski definition) is 1. The van der Waals surface area contributed by atoms with E-state index in [4.69, 9.17) is 0 Å². The lowest BCUT2D eigenvalue weighted by atomic mass is 10.0. The maximum atomic E-state index is 11.1. The monoisotopic (exact) mass is 187 g/mol. The van der Waals surface area contributed by atoms with E-state index >= 15 is 0 Å². The van der Waals surface area contributed by atoms with Gasteiger partial charge in [-0.05, 0) is 19.8 Å². The van der Waals surface area contributed by atoms with Gasteiger partial charge < -0.3 is 10.1 Å². The standard InChI is InChI=1S/C10H21NO2/c1-6-7(2)8(3)11-9(4)10(12)13-5/h7-9,11H,6H2,1-5H3. The average molecular weight is 187 g/mol. The van der Waals surface area contributed by atoms with Crippen molar-refractivity contribution in [2.45, 2.75) is 46.2 Å². The Hall–Kier alpha value is -0.570. The summed E-state index contributed by atoms with van der Waals surface area (Å²) in [4.78, 5) is 11.1. The molecule has 13 heavy (non-hydrogen) atoms. The summed E-state index contributed by atoms with van der Waals surface area (Å²) in [6, 6.07) is 0.132. The van der Waals surface area contributed by atoms with Gasteiger partial charge in [0.25, 0.3) is 0 Å². The van der Waals surface area contributed by atoms with Gasteiger partial charge in [-0.1, -0.05) is 20.3 Å². The molecule has 0 aromatic heterocycles. The van der Waals surface area contributed by atoms with Crippen molar-refractivity contribution in [1.82, 2.24) is 5.32 Å². The third kappa shape index (κ3) is 4.27. The van der Waals surface area contributed by atoms with Crippen LogP contribution in [0.15, 0.2) is 0 Å². The molecule has 0 aliphatic carbocycles. The van der Waals surface area contributed by atoms with Gasteiger partial charge in [0.15, 0.2) is 0 Å². The highest BCUT2D eigenvalue weighted by Crippen LogP contribution is 2.07. The molecule has 1 N–H and O–H groups in total. The highest BCUT2D eigenvalue weighted by molar-refractivity contribution is 5.75. The van der Waals surface area contributed by atoms with Gasteiger partial charge in [0.1, 0.15) is 6.04 Å². The lowest BCUT2D eigenvalue weighted by Gasteiger charge is -2.22. The number of rotatable bonds is 5. The highest BCUT2D eigenvalue weighted by Gasteiger charge is 2.18. The Bertz CT molecular complexity index is 159. The molecule has 0 fully saturated rings. The van der Waals surface area contributed by atoms with Crippen molar-refractivity contribution in [3.8, 4) is 0 Å². The largest absolute Gasteiger partial charge is 0.468 e. The summed E-state index contributed by atoms with van der Waals surface area (Å²) in [6.07, 6.45) is 1.11. The van der Waals surface area contributed by atoms with Crippen LogP contribution in [0.4, 0.5) is 0 Å². The second-order valence-electron chi connectivity index (χ2n) is 3.59. The Kier molecular flexibility index (Phi) is 5.71. The summed E-state index contributed by atoms with van der Waals surface area (Å²) in [6.45, 7) is 8.23. The number of methoxy groups -OCH3 is 1. The van der Waals surface area contributed by atoms with Crippen molar-refractivity contribution in [2.75, 3.05) is 7.11 Å². The molecular formula is C10H21NO2. The fourth-order valence-corrected chi connectivity index (χ4v) is 1.16. The van der Waals surface area contributed by atoms with Gasteiger partial charge in [0.2, 0.25) is 0 Å². The molecule has 0 radical (unpaired) electrons. The number of hydrogen-bond acceptors (Lipinski definition) is 3. The van der Waals surface area contributed by atoms with Crippen molar-refractivity contribution < 1.29 is 9.53 Å².